The Balaban J connectivity index is 1.24. The minimum Gasteiger partial charge on any atom is -0.347 e. The van der Waals surface area contributed by atoms with E-state index in [1.807, 2.05) is 6.07 Å². The van der Waals surface area contributed by atoms with E-state index in [-0.39, 0.29) is 41.1 Å². The van der Waals surface area contributed by atoms with Gasteiger partial charge in [0.1, 0.15) is 23.4 Å². The molecule has 10 heteroatoms. The van der Waals surface area contributed by atoms with E-state index in [1.165, 1.54) is 0 Å². The summed E-state index contributed by atoms with van der Waals surface area (Å²) in [5.41, 5.74) is -0.664. The van der Waals surface area contributed by atoms with Crippen molar-refractivity contribution in [3.63, 3.8) is 0 Å². The maximum Gasteiger partial charge on any atom is 0.419 e. The molecule has 3 saturated carbocycles. The average Bonchev–Trinajstić information content (AvgIpc) is 3.71. The summed E-state index contributed by atoms with van der Waals surface area (Å²) in [5, 5.41) is 2.74. The van der Waals surface area contributed by atoms with Crippen molar-refractivity contribution >= 4 is 11.8 Å². The third-order valence-electron chi connectivity index (χ3n) is 7.81. The molecule has 4 fully saturated rings. The molecule has 1 saturated heterocycles. The quantitative estimate of drug-likeness (QED) is 0.554. The van der Waals surface area contributed by atoms with Gasteiger partial charge in [0, 0.05) is 17.8 Å². The third kappa shape index (κ3) is 4.24. The van der Waals surface area contributed by atoms with Gasteiger partial charge in [-0.25, -0.2) is 8.78 Å². The van der Waals surface area contributed by atoms with E-state index >= 15 is 0 Å². The lowest BCUT2D eigenvalue weighted by atomic mass is 9.98. The van der Waals surface area contributed by atoms with Crippen LogP contribution < -0.4 is 5.32 Å². The molecule has 4 aliphatic rings. The SMILES string of the molecule is O=C(NC(c1cc(F)c(C(F)(F)F)cc1F)C1CC1)[C@H]1C[C@H]2C[C@H]2N1C(=O)c1cc(C2CC2)ccn1. The Morgan fingerprint density at radius 2 is 1.78 bits per heavy atom. The Morgan fingerprint density at radius 1 is 1.03 bits per heavy atom. The minimum atomic E-state index is -5.03. The third-order valence-corrected chi connectivity index (χ3v) is 7.81. The largest absolute Gasteiger partial charge is 0.419 e. The number of piperidine rings is 1. The number of rotatable bonds is 6. The van der Waals surface area contributed by atoms with Crippen molar-refractivity contribution in [2.24, 2.45) is 11.8 Å². The summed E-state index contributed by atoms with van der Waals surface area (Å²) in [6.45, 7) is 0. The Morgan fingerprint density at radius 3 is 2.44 bits per heavy atom. The Kier molecular flexibility index (Phi) is 5.35. The van der Waals surface area contributed by atoms with Gasteiger partial charge in [-0.2, -0.15) is 13.2 Å². The molecule has 0 spiro atoms. The lowest BCUT2D eigenvalue weighted by molar-refractivity contribution is -0.140. The zero-order valence-electron chi connectivity index (χ0n) is 19.2. The monoisotopic (exact) mass is 505 g/mol. The number of hydrogen-bond donors (Lipinski definition) is 1. The predicted octanol–water partition coefficient (Wildman–Crippen LogP) is 5.13. The van der Waals surface area contributed by atoms with Gasteiger partial charge in [0.05, 0.1) is 11.6 Å². The van der Waals surface area contributed by atoms with Crippen LogP contribution in [0.4, 0.5) is 22.0 Å². The van der Waals surface area contributed by atoms with Crippen molar-refractivity contribution in [1.29, 1.82) is 0 Å². The first-order valence-corrected chi connectivity index (χ1v) is 12.3. The number of aromatic nitrogens is 1. The number of carbonyl (C=O) groups excluding carboxylic acids is 2. The van der Waals surface area contributed by atoms with Crippen LogP contribution in [0.25, 0.3) is 0 Å². The number of hydrogen-bond acceptors (Lipinski definition) is 3. The highest BCUT2D eigenvalue weighted by Crippen LogP contribution is 2.49. The van der Waals surface area contributed by atoms with E-state index in [0.29, 0.717) is 31.2 Å². The van der Waals surface area contributed by atoms with Gasteiger partial charge in [-0.15, -0.1) is 0 Å². The number of alkyl halides is 3. The van der Waals surface area contributed by atoms with Crippen molar-refractivity contribution in [1.82, 2.24) is 15.2 Å². The van der Waals surface area contributed by atoms with E-state index < -0.39 is 41.4 Å². The van der Waals surface area contributed by atoms with Crippen LogP contribution in [0.15, 0.2) is 30.5 Å². The average molecular weight is 505 g/mol. The van der Waals surface area contributed by atoms with Gasteiger partial charge in [-0.3, -0.25) is 14.6 Å². The van der Waals surface area contributed by atoms with Crippen LogP contribution in [0.1, 0.15) is 77.7 Å². The molecule has 0 bridgehead atoms. The molecule has 3 aliphatic carbocycles. The normalized spacial score (nSPS) is 25.9. The Labute approximate surface area is 204 Å². The van der Waals surface area contributed by atoms with Crippen LogP contribution in [-0.2, 0) is 11.0 Å². The van der Waals surface area contributed by atoms with Crippen LogP contribution in [0.5, 0.6) is 0 Å². The Bertz CT molecular complexity index is 1240. The van der Waals surface area contributed by atoms with E-state index in [9.17, 15) is 31.5 Å². The van der Waals surface area contributed by atoms with E-state index in [0.717, 1.165) is 24.8 Å². The lowest BCUT2D eigenvalue weighted by Crippen LogP contribution is -2.49. The molecule has 1 aromatic carbocycles. The van der Waals surface area contributed by atoms with Gasteiger partial charge in [0.2, 0.25) is 5.91 Å². The number of nitrogens with one attached hydrogen (secondary N) is 1. The van der Waals surface area contributed by atoms with Crippen LogP contribution >= 0.6 is 0 Å². The number of pyridine rings is 1. The molecule has 5 nitrogen and oxygen atoms in total. The molecule has 1 N–H and O–H groups in total. The number of nitrogens with zero attached hydrogens (tertiary/aromatic N) is 2. The smallest absolute Gasteiger partial charge is 0.347 e. The highest BCUT2D eigenvalue weighted by Gasteiger charge is 2.57. The summed E-state index contributed by atoms with van der Waals surface area (Å²) in [5.74, 6) is -3.23. The number of benzene rings is 1. The molecular formula is C26H24F5N3O2. The molecule has 2 heterocycles. The first-order chi connectivity index (χ1) is 17.1. The summed E-state index contributed by atoms with van der Waals surface area (Å²) in [6.07, 6.45) is 1.21. The van der Waals surface area contributed by atoms with Crippen LogP contribution in [0, 0.1) is 23.5 Å². The number of likely N-dealkylation sites (tertiary alicyclic amines) is 1. The first kappa shape index (κ1) is 23.4. The highest BCUT2D eigenvalue weighted by molar-refractivity contribution is 5.97. The topological polar surface area (TPSA) is 62.3 Å². The molecule has 1 aliphatic heterocycles. The molecule has 1 aromatic heterocycles. The molecule has 2 amide bonds. The van der Waals surface area contributed by atoms with Crippen LogP contribution in [0.2, 0.25) is 0 Å². The van der Waals surface area contributed by atoms with Crippen molar-refractivity contribution in [3.05, 3.63) is 64.5 Å². The summed E-state index contributed by atoms with van der Waals surface area (Å²) < 4.78 is 68.0. The van der Waals surface area contributed by atoms with E-state index in [1.54, 1.807) is 17.2 Å². The fraction of sp³-hybridized carbons (Fsp3) is 0.500. The van der Waals surface area contributed by atoms with Crippen molar-refractivity contribution in [2.75, 3.05) is 0 Å². The van der Waals surface area contributed by atoms with Crippen molar-refractivity contribution in [3.8, 4) is 0 Å². The molecule has 190 valence electrons. The maximum atomic E-state index is 14.7. The van der Waals surface area contributed by atoms with Crippen molar-refractivity contribution in [2.45, 2.75) is 68.7 Å². The number of carbonyl (C=O) groups is 2. The summed E-state index contributed by atoms with van der Waals surface area (Å²) >= 11 is 0. The van der Waals surface area contributed by atoms with Gasteiger partial charge < -0.3 is 10.2 Å². The Hall–Kier alpha value is -3.04. The van der Waals surface area contributed by atoms with Gasteiger partial charge in [-0.05, 0) is 86.1 Å². The number of amides is 2. The van der Waals surface area contributed by atoms with E-state index in [4.69, 9.17) is 0 Å². The van der Waals surface area contributed by atoms with E-state index in [2.05, 4.69) is 10.3 Å². The summed E-state index contributed by atoms with van der Waals surface area (Å²) in [4.78, 5) is 32.5. The molecule has 4 atom stereocenters. The molecule has 2 aromatic rings. The van der Waals surface area contributed by atoms with Gasteiger partial charge >= 0.3 is 6.18 Å². The molecule has 6 rings (SSSR count). The number of fused-ring (bicyclic) bond motifs is 1. The zero-order valence-corrected chi connectivity index (χ0v) is 19.2. The predicted molar refractivity (Wildman–Crippen MR) is 118 cm³/mol. The fourth-order valence-corrected chi connectivity index (χ4v) is 5.50. The second kappa shape index (κ2) is 8.24. The van der Waals surface area contributed by atoms with Crippen LogP contribution in [-0.4, -0.2) is 33.8 Å². The van der Waals surface area contributed by atoms with Gasteiger partial charge in [0.25, 0.3) is 5.91 Å². The fourth-order valence-electron chi connectivity index (χ4n) is 5.50. The second-order valence-corrected chi connectivity index (χ2v) is 10.5. The zero-order chi connectivity index (χ0) is 25.4. The molecular weight excluding hydrogens is 481 g/mol. The molecule has 36 heavy (non-hydrogen) atoms. The highest BCUT2D eigenvalue weighted by atomic mass is 19.4. The number of halogens is 5. The summed E-state index contributed by atoms with van der Waals surface area (Å²) in [6, 6.07) is 2.50. The second-order valence-electron chi connectivity index (χ2n) is 10.5. The molecule has 1 unspecified atom stereocenters. The minimum absolute atomic E-state index is 0.0701. The van der Waals surface area contributed by atoms with Gasteiger partial charge in [-0.1, -0.05) is 0 Å². The van der Waals surface area contributed by atoms with Crippen molar-refractivity contribution < 1.29 is 31.5 Å². The first-order valence-electron chi connectivity index (χ1n) is 12.3. The summed E-state index contributed by atoms with van der Waals surface area (Å²) in [7, 11) is 0. The standard InChI is InChI=1S/C26H24F5N3O2/c27-18-11-17(26(29,30)31)19(28)10-16(18)23(13-3-4-13)33-24(35)22-9-15-8-21(15)34(22)25(36)20-7-14(5-6-32-20)12-1-2-12/h5-7,10-13,15,21-23H,1-4,8-9H2,(H,33,35)/t15-,21-,22-,23?/m1/s1. The molecule has 0 radical (unpaired) electrons. The maximum absolute atomic E-state index is 14.7. The van der Waals surface area contributed by atoms with Gasteiger partial charge in [0.15, 0.2) is 0 Å². The van der Waals surface area contributed by atoms with Crippen LogP contribution in [0.3, 0.4) is 0 Å². The lowest BCUT2D eigenvalue weighted by Gasteiger charge is -2.29.